The molecule has 0 heterocycles. The van der Waals surface area contributed by atoms with E-state index in [1.54, 1.807) is 12.1 Å². The van der Waals surface area contributed by atoms with Gasteiger partial charge in [-0.15, -0.1) is 0 Å². The van der Waals surface area contributed by atoms with Crippen molar-refractivity contribution in [2.24, 2.45) is 0 Å². The first-order valence-electron chi connectivity index (χ1n) is 11.8. The van der Waals surface area contributed by atoms with Gasteiger partial charge in [-0.3, -0.25) is 0 Å². The summed E-state index contributed by atoms with van der Waals surface area (Å²) in [6, 6.07) is 4.70. The lowest BCUT2D eigenvalue weighted by Crippen LogP contribution is -2.06. The third kappa shape index (κ3) is 13.9. The minimum atomic E-state index is -0.224. The van der Waals surface area contributed by atoms with Crippen molar-refractivity contribution >= 4 is 0 Å². The molecule has 1 rings (SSSR count). The summed E-state index contributed by atoms with van der Waals surface area (Å²) in [6.07, 6.45) is 20.7. The minimum absolute atomic E-state index is 0.0996. The fraction of sp³-hybridized carbons (Fsp3) is 0.760. The van der Waals surface area contributed by atoms with Crippen molar-refractivity contribution in [3.8, 4) is 11.5 Å². The van der Waals surface area contributed by atoms with E-state index in [1.807, 2.05) is 0 Å². The molecule has 0 saturated carbocycles. The molecule has 0 bridgehead atoms. The zero-order valence-electron chi connectivity index (χ0n) is 18.2. The summed E-state index contributed by atoms with van der Waals surface area (Å²) in [4.78, 5) is 0. The van der Waals surface area contributed by atoms with Crippen LogP contribution in [0.15, 0.2) is 18.2 Å². The number of phenolic OH excluding ortho intramolecular Hbond substituents is 2. The number of aliphatic hydroxyl groups is 1. The van der Waals surface area contributed by atoms with Gasteiger partial charge in [0.2, 0.25) is 0 Å². The van der Waals surface area contributed by atoms with Gasteiger partial charge < -0.3 is 15.3 Å². The van der Waals surface area contributed by atoms with Crippen molar-refractivity contribution in [1.82, 2.24) is 0 Å². The van der Waals surface area contributed by atoms with Gasteiger partial charge in [0, 0.05) is 6.07 Å². The van der Waals surface area contributed by atoms with Gasteiger partial charge in [0.25, 0.3) is 0 Å². The molecule has 28 heavy (non-hydrogen) atoms. The summed E-state index contributed by atoms with van der Waals surface area (Å²) in [5, 5.41) is 29.1. The molecular weight excluding hydrogens is 348 g/mol. The Morgan fingerprint density at radius 3 is 1.54 bits per heavy atom. The standard InChI is InChI=1S/C25H44O3/c1-2-3-4-5-6-7-8-9-10-11-12-13-14-17-23(26)18-15-16-22-19-24(27)21-25(28)20-22/h19-21,23,26-28H,2-18H2,1H3. The molecule has 0 spiro atoms. The van der Waals surface area contributed by atoms with Crippen LogP contribution in [0.2, 0.25) is 0 Å². The first-order valence-corrected chi connectivity index (χ1v) is 11.8. The number of hydrogen-bond acceptors (Lipinski definition) is 3. The van der Waals surface area contributed by atoms with Crippen LogP contribution < -0.4 is 0 Å². The zero-order valence-corrected chi connectivity index (χ0v) is 18.2. The normalized spacial score (nSPS) is 12.4. The highest BCUT2D eigenvalue weighted by Gasteiger charge is 2.05. The van der Waals surface area contributed by atoms with Crippen molar-refractivity contribution < 1.29 is 15.3 Å². The van der Waals surface area contributed by atoms with Crippen LogP contribution in [-0.2, 0) is 6.42 Å². The molecule has 162 valence electrons. The number of rotatable bonds is 18. The predicted molar refractivity (Wildman–Crippen MR) is 119 cm³/mol. The molecule has 1 atom stereocenters. The molecule has 3 heteroatoms. The number of hydrogen-bond donors (Lipinski definition) is 3. The van der Waals surface area contributed by atoms with Crippen LogP contribution in [0.1, 0.15) is 115 Å². The molecular formula is C25H44O3. The molecule has 1 aromatic carbocycles. The van der Waals surface area contributed by atoms with Crippen LogP contribution in [0.25, 0.3) is 0 Å². The fourth-order valence-corrected chi connectivity index (χ4v) is 3.88. The highest BCUT2D eigenvalue weighted by atomic mass is 16.3. The van der Waals surface area contributed by atoms with Crippen LogP contribution in [0, 0.1) is 0 Å². The number of unbranched alkanes of at least 4 members (excludes halogenated alkanes) is 12. The van der Waals surface area contributed by atoms with Crippen molar-refractivity contribution in [2.45, 2.75) is 122 Å². The SMILES string of the molecule is CCCCCCCCCCCCCCCC(O)CCCc1cc(O)cc(O)c1. The third-order valence-electron chi connectivity index (χ3n) is 5.61. The summed E-state index contributed by atoms with van der Waals surface area (Å²) in [7, 11) is 0. The monoisotopic (exact) mass is 392 g/mol. The van der Waals surface area contributed by atoms with Crippen LogP contribution in [0.4, 0.5) is 0 Å². The first-order chi connectivity index (χ1) is 13.6. The Hall–Kier alpha value is -1.22. The van der Waals surface area contributed by atoms with Gasteiger partial charge in [0.05, 0.1) is 6.10 Å². The van der Waals surface area contributed by atoms with Crippen LogP contribution in [0.3, 0.4) is 0 Å². The quantitative estimate of drug-likeness (QED) is 0.230. The molecule has 1 unspecified atom stereocenters. The van der Waals surface area contributed by atoms with Crippen molar-refractivity contribution in [2.75, 3.05) is 0 Å². The molecule has 1 aromatic rings. The van der Waals surface area contributed by atoms with E-state index in [4.69, 9.17) is 0 Å². The molecule has 0 radical (unpaired) electrons. The Bertz CT molecular complexity index is 466. The second kappa shape index (κ2) is 16.7. The molecule has 0 aromatic heterocycles. The van der Waals surface area contributed by atoms with Gasteiger partial charge in [-0.2, -0.15) is 0 Å². The van der Waals surface area contributed by atoms with E-state index < -0.39 is 0 Å². The highest BCUT2D eigenvalue weighted by Crippen LogP contribution is 2.22. The lowest BCUT2D eigenvalue weighted by Gasteiger charge is -2.10. The Morgan fingerprint density at radius 1 is 0.607 bits per heavy atom. The number of aliphatic hydroxyl groups excluding tert-OH is 1. The number of aromatic hydroxyl groups is 2. The van der Waals surface area contributed by atoms with Crippen LogP contribution >= 0.6 is 0 Å². The minimum Gasteiger partial charge on any atom is -0.508 e. The van der Waals surface area contributed by atoms with E-state index in [-0.39, 0.29) is 17.6 Å². The van der Waals surface area contributed by atoms with E-state index in [9.17, 15) is 15.3 Å². The van der Waals surface area contributed by atoms with Crippen molar-refractivity contribution in [3.05, 3.63) is 23.8 Å². The molecule has 0 aliphatic heterocycles. The maximum Gasteiger partial charge on any atom is 0.119 e. The third-order valence-corrected chi connectivity index (χ3v) is 5.61. The predicted octanol–water partition coefficient (Wildman–Crippen LogP) is 7.26. The van der Waals surface area contributed by atoms with E-state index in [2.05, 4.69) is 6.92 Å². The maximum absolute atomic E-state index is 10.1. The molecule has 0 aliphatic carbocycles. The molecule has 3 N–H and O–H groups in total. The van der Waals surface area contributed by atoms with Crippen molar-refractivity contribution in [3.63, 3.8) is 0 Å². The van der Waals surface area contributed by atoms with E-state index in [1.165, 1.54) is 83.1 Å². The smallest absolute Gasteiger partial charge is 0.119 e. The zero-order chi connectivity index (χ0) is 20.5. The second-order valence-corrected chi connectivity index (χ2v) is 8.44. The van der Waals surface area contributed by atoms with Crippen LogP contribution in [-0.4, -0.2) is 21.4 Å². The van der Waals surface area contributed by atoms with Gasteiger partial charge in [-0.1, -0.05) is 90.4 Å². The lowest BCUT2D eigenvalue weighted by atomic mass is 10.0. The summed E-state index contributed by atoms with van der Waals surface area (Å²) in [6.45, 7) is 2.27. The largest absolute Gasteiger partial charge is 0.508 e. The summed E-state index contributed by atoms with van der Waals surface area (Å²) < 4.78 is 0. The average molecular weight is 393 g/mol. The molecule has 0 fully saturated rings. The summed E-state index contributed by atoms with van der Waals surface area (Å²) in [5.41, 5.74) is 0.922. The Morgan fingerprint density at radius 2 is 1.04 bits per heavy atom. The Labute approximate surface area is 173 Å². The van der Waals surface area contributed by atoms with E-state index in [0.29, 0.717) is 0 Å². The number of benzene rings is 1. The van der Waals surface area contributed by atoms with Gasteiger partial charge in [-0.25, -0.2) is 0 Å². The van der Waals surface area contributed by atoms with E-state index in [0.717, 1.165) is 37.7 Å². The highest BCUT2D eigenvalue weighted by molar-refractivity contribution is 5.36. The topological polar surface area (TPSA) is 60.7 Å². The van der Waals surface area contributed by atoms with Gasteiger partial charge in [0.1, 0.15) is 11.5 Å². The Balaban J connectivity index is 1.87. The van der Waals surface area contributed by atoms with Gasteiger partial charge in [-0.05, 0) is 43.4 Å². The second-order valence-electron chi connectivity index (χ2n) is 8.44. The average Bonchev–Trinajstić information content (AvgIpc) is 2.64. The first kappa shape index (κ1) is 24.8. The molecule has 0 amide bonds. The lowest BCUT2D eigenvalue weighted by molar-refractivity contribution is 0.148. The summed E-state index contributed by atoms with van der Waals surface area (Å²) >= 11 is 0. The van der Waals surface area contributed by atoms with E-state index >= 15 is 0 Å². The summed E-state index contributed by atoms with van der Waals surface area (Å²) in [5.74, 6) is 0.199. The van der Waals surface area contributed by atoms with Gasteiger partial charge in [0.15, 0.2) is 0 Å². The van der Waals surface area contributed by atoms with Crippen molar-refractivity contribution in [1.29, 1.82) is 0 Å². The fourth-order valence-electron chi connectivity index (χ4n) is 3.88. The maximum atomic E-state index is 10.1. The van der Waals surface area contributed by atoms with Crippen LogP contribution in [0.5, 0.6) is 11.5 Å². The number of phenols is 2. The Kier molecular flexibility index (Phi) is 14.8. The molecule has 3 nitrogen and oxygen atoms in total. The molecule has 0 aliphatic rings. The van der Waals surface area contributed by atoms with Gasteiger partial charge >= 0.3 is 0 Å². The number of aryl methyl sites for hydroxylation is 1. The molecule has 0 saturated heterocycles.